The lowest BCUT2D eigenvalue weighted by atomic mass is 9.85. The van der Waals surface area contributed by atoms with Gasteiger partial charge in [-0.25, -0.2) is 9.78 Å². The minimum absolute atomic E-state index is 0.108. The van der Waals surface area contributed by atoms with Crippen molar-refractivity contribution in [3.05, 3.63) is 59.9 Å². The summed E-state index contributed by atoms with van der Waals surface area (Å²) >= 11 is 0. The van der Waals surface area contributed by atoms with Crippen LogP contribution in [-0.4, -0.2) is 22.0 Å². The second kappa shape index (κ2) is 7.50. The zero-order valence-corrected chi connectivity index (χ0v) is 14.9. The van der Waals surface area contributed by atoms with Gasteiger partial charge in [0.2, 0.25) is 0 Å². The van der Waals surface area contributed by atoms with E-state index in [1.54, 1.807) is 24.3 Å². The molecule has 1 aromatic heterocycles. The van der Waals surface area contributed by atoms with Crippen LogP contribution in [0.25, 0.3) is 11.0 Å². The number of carbonyl (C=O) groups is 1. The normalized spacial score (nSPS) is 19.4. The van der Waals surface area contributed by atoms with Gasteiger partial charge in [-0.2, -0.15) is 5.26 Å². The summed E-state index contributed by atoms with van der Waals surface area (Å²) in [5.41, 5.74) is 3.18. The summed E-state index contributed by atoms with van der Waals surface area (Å²) in [4.78, 5) is 20.5. The van der Waals surface area contributed by atoms with E-state index in [1.165, 1.54) is 0 Å². The van der Waals surface area contributed by atoms with E-state index in [4.69, 9.17) is 10.2 Å². The lowest BCUT2D eigenvalue weighted by Crippen LogP contribution is -2.40. The maximum atomic E-state index is 12.3. The molecule has 0 unspecified atom stereocenters. The fourth-order valence-electron chi connectivity index (χ4n) is 3.75. The molecule has 0 aliphatic heterocycles. The highest BCUT2D eigenvalue weighted by Crippen LogP contribution is 2.32. The first-order valence-corrected chi connectivity index (χ1v) is 9.23. The minimum Gasteiger partial charge on any atom is -0.342 e. The molecule has 4 rings (SSSR count). The van der Waals surface area contributed by atoms with Crippen LogP contribution in [0.5, 0.6) is 0 Å². The van der Waals surface area contributed by atoms with Gasteiger partial charge in [0.1, 0.15) is 5.82 Å². The Hall–Kier alpha value is -3.33. The Morgan fingerprint density at radius 1 is 1.19 bits per heavy atom. The number of imidazole rings is 1. The van der Waals surface area contributed by atoms with Crippen LogP contribution in [0.3, 0.4) is 0 Å². The summed E-state index contributed by atoms with van der Waals surface area (Å²) in [7, 11) is 0. The molecule has 3 aromatic rings. The molecular formula is C21H21N5O. The number of fused-ring (bicyclic) bond motifs is 1. The second-order valence-corrected chi connectivity index (χ2v) is 6.99. The number of aromatic amines is 1. The number of H-pyrrole nitrogens is 1. The van der Waals surface area contributed by atoms with Crippen LogP contribution in [0, 0.1) is 11.3 Å². The molecule has 6 nitrogen and oxygen atoms in total. The number of aromatic nitrogens is 2. The summed E-state index contributed by atoms with van der Waals surface area (Å²) in [5, 5.41) is 14.8. The monoisotopic (exact) mass is 359 g/mol. The van der Waals surface area contributed by atoms with Gasteiger partial charge < -0.3 is 15.6 Å². The number of nitrogens with zero attached hydrogens (tertiary/aromatic N) is 2. The molecule has 0 radical (unpaired) electrons. The van der Waals surface area contributed by atoms with Crippen molar-refractivity contribution in [2.45, 2.75) is 37.6 Å². The number of hydrogen-bond acceptors (Lipinski definition) is 3. The van der Waals surface area contributed by atoms with Crippen molar-refractivity contribution in [2.75, 3.05) is 5.32 Å². The van der Waals surface area contributed by atoms with E-state index in [2.05, 4.69) is 21.7 Å². The van der Waals surface area contributed by atoms with Crippen molar-refractivity contribution in [1.82, 2.24) is 15.3 Å². The molecule has 1 heterocycles. The van der Waals surface area contributed by atoms with Crippen LogP contribution in [-0.2, 0) is 0 Å². The van der Waals surface area contributed by atoms with Gasteiger partial charge in [0.25, 0.3) is 0 Å². The Kier molecular flexibility index (Phi) is 4.75. The topological polar surface area (TPSA) is 93.6 Å². The van der Waals surface area contributed by atoms with Crippen molar-refractivity contribution in [2.24, 2.45) is 0 Å². The fraction of sp³-hybridized carbons (Fsp3) is 0.286. The maximum Gasteiger partial charge on any atom is 0.319 e. The molecule has 27 heavy (non-hydrogen) atoms. The molecule has 6 heteroatoms. The summed E-state index contributed by atoms with van der Waals surface area (Å²) < 4.78 is 0. The Balaban J connectivity index is 1.39. The van der Waals surface area contributed by atoms with E-state index in [9.17, 15) is 4.79 Å². The van der Waals surface area contributed by atoms with E-state index >= 15 is 0 Å². The highest BCUT2D eigenvalue weighted by Gasteiger charge is 2.26. The van der Waals surface area contributed by atoms with E-state index in [0.717, 1.165) is 42.5 Å². The number of urea groups is 1. The first-order chi connectivity index (χ1) is 13.2. The van der Waals surface area contributed by atoms with Crippen molar-refractivity contribution < 1.29 is 4.79 Å². The number of nitrogens with one attached hydrogen (secondary N) is 3. The predicted molar refractivity (Wildman–Crippen MR) is 104 cm³/mol. The maximum absolute atomic E-state index is 12.3. The zero-order valence-electron chi connectivity index (χ0n) is 14.9. The van der Waals surface area contributed by atoms with Crippen LogP contribution in [0.2, 0.25) is 0 Å². The van der Waals surface area contributed by atoms with E-state index < -0.39 is 0 Å². The molecule has 3 N–H and O–H groups in total. The summed E-state index contributed by atoms with van der Waals surface area (Å²) in [6.45, 7) is 0. The molecular weight excluding hydrogens is 338 g/mol. The number of benzene rings is 2. The van der Waals surface area contributed by atoms with Gasteiger partial charge in [0.05, 0.1) is 22.7 Å². The smallest absolute Gasteiger partial charge is 0.319 e. The lowest BCUT2D eigenvalue weighted by Gasteiger charge is -2.28. The van der Waals surface area contributed by atoms with Crippen molar-refractivity contribution in [3.63, 3.8) is 0 Å². The molecule has 2 atom stereocenters. The number of carbonyl (C=O) groups excluding carboxylic acids is 1. The molecule has 1 aliphatic carbocycles. The summed E-state index contributed by atoms with van der Waals surface area (Å²) in [6.07, 6.45) is 3.95. The van der Waals surface area contributed by atoms with Crippen LogP contribution < -0.4 is 10.6 Å². The average Bonchev–Trinajstić information content (AvgIpc) is 3.12. The van der Waals surface area contributed by atoms with Gasteiger partial charge in [-0.1, -0.05) is 24.6 Å². The number of anilines is 1. The molecule has 0 spiro atoms. The van der Waals surface area contributed by atoms with Crippen molar-refractivity contribution >= 4 is 22.8 Å². The van der Waals surface area contributed by atoms with Crippen LogP contribution in [0.4, 0.5) is 10.5 Å². The molecule has 2 aromatic carbocycles. The van der Waals surface area contributed by atoms with E-state index in [1.807, 2.05) is 24.3 Å². The summed E-state index contributed by atoms with van der Waals surface area (Å²) in [5.74, 6) is 1.32. The average molecular weight is 359 g/mol. The first-order valence-electron chi connectivity index (χ1n) is 9.23. The number of amides is 2. The largest absolute Gasteiger partial charge is 0.342 e. The Morgan fingerprint density at radius 2 is 2.07 bits per heavy atom. The number of rotatable bonds is 3. The van der Waals surface area contributed by atoms with Gasteiger partial charge >= 0.3 is 6.03 Å². The number of hydrogen-bond donors (Lipinski definition) is 3. The van der Waals surface area contributed by atoms with Gasteiger partial charge in [-0.05, 0) is 49.6 Å². The Bertz CT molecular complexity index is 970. The minimum atomic E-state index is -0.236. The van der Waals surface area contributed by atoms with Gasteiger partial charge in [-0.3, -0.25) is 0 Å². The van der Waals surface area contributed by atoms with Gasteiger partial charge in [-0.15, -0.1) is 0 Å². The third kappa shape index (κ3) is 3.93. The van der Waals surface area contributed by atoms with Crippen LogP contribution in [0.1, 0.15) is 43.0 Å². The Labute approximate surface area is 157 Å². The summed E-state index contributed by atoms with van der Waals surface area (Å²) in [6, 6.07) is 16.9. The van der Waals surface area contributed by atoms with E-state index in [-0.39, 0.29) is 12.1 Å². The van der Waals surface area contributed by atoms with Gasteiger partial charge in [0.15, 0.2) is 0 Å². The molecule has 0 bridgehead atoms. The molecule has 136 valence electrons. The van der Waals surface area contributed by atoms with Crippen molar-refractivity contribution in [1.29, 1.82) is 5.26 Å². The van der Waals surface area contributed by atoms with Gasteiger partial charge in [0, 0.05) is 17.6 Å². The first kappa shape index (κ1) is 17.1. The number of nitriles is 1. The van der Waals surface area contributed by atoms with Crippen LogP contribution in [0.15, 0.2) is 48.5 Å². The molecule has 1 saturated carbocycles. The molecule has 0 saturated heterocycles. The third-order valence-corrected chi connectivity index (χ3v) is 5.05. The molecule has 1 aliphatic rings. The SMILES string of the molecule is N#Cc1cccc(NC(=O)N[C@@H]2CCC[C@H](c3nc4ccccc4[nH]3)C2)c1. The number of para-hydroxylation sites is 2. The highest BCUT2D eigenvalue weighted by atomic mass is 16.2. The highest BCUT2D eigenvalue weighted by molar-refractivity contribution is 5.89. The molecule has 1 fully saturated rings. The Morgan fingerprint density at radius 3 is 2.93 bits per heavy atom. The second-order valence-electron chi connectivity index (χ2n) is 6.99. The van der Waals surface area contributed by atoms with Crippen molar-refractivity contribution in [3.8, 4) is 6.07 Å². The quantitative estimate of drug-likeness (QED) is 0.651. The predicted octanol–water partition coefficient (Wildman–Crippen LogP) is 4.28. The van der Waals surface area contributed by atoms with E-state index in [0.29, 0.717) is 17.2 Å². The van der Waals surface area contributed by atoms with Crippen LogP contribution >= 0.6 is 0 Å². The third-order valence-electron chi connectivity index (χ3n) is 5.05. The zero-order chi connectivity index (χ0) is 18.6. The molecule has 2 amide bonds. The standard InChI is InChI=1S/C21H21N5O/c22-13-14-5-3-7-16(11-14)23-21(27)24-17-8-4-6-15(12-17)20-25-18-9-1-2-10-19(18)26-20/h1-3,5,7,9-11,15,17H,4,6,8,12H2,(H,25,26)(H2,23,24,27)/t15-,17+/m0/s1. The lowest BCUT2D eigenvalue weighted by molar-refractivity contribution is 0.242. The fourth-order valence-corrected chi connectivity index (χ4v) is 3.75.